The molecule has 6 heteroatoms. The quantitative estimate of drug-likeness (QED) is 0.249. The zero-order valence-electron chi connectivity index (χ0n) is 18.7. The van der Waals surface area contributed by atoms with Gasteiger partial charge in [-0.1, -0.05) is 38.8 Å². The monoisotopic (exact) mass is 416 g/mol. The van der Waals surface area contributed by atoms with Crippen LogP contribution < -0.4 is 0 Å². The summed E-state index contributed by atoms with van der Waals surface area (Å²) in [5, 5.41) is 0. The summed E-state index contributed by atoms with van der Waals surface area (Å²) in [6.07, 6.45) is 9.93. The maximum Gasteiger partial charge on any atom is 0.364 e. The Morgan fingerprint density at radius 1 is 0.556 bits per heavy atom. The molecule has 0 rings (SSSR count). The van der Waals surface area contributed by atoms with Gasteiger partial charge in [0, 0.05) is 26.4 Å². The van der Waals surface area contributed by atoms with E-state index in [0.29, 0.717) is 26.4 Å². The number of hydrogen-bond donors (Lipinski definition) is 0. The molecule has 0 amide bonds. The van der Waals surface area contributed by atoms with E-state index >= 15 is 0 Å². The molecule has 0 unspecified atom stereocenters. The van der Waals surface area contributed by atoms with Gasteiger partial charge >= 0.3 is 17.1 Å². The Bertz CT molecular complexity index is 352. The second-order valence-corrected chi connectivity index (χ2v) is 12.7. The summed E-state index contributed by atoms with van der Waals surface area (Å²) in [4.78, 5) is 0. The first-order valence-corrected chi connectivity index (χ1v) is 15.2. The van der Waals surface area contributed by atoms with E-state index < -0.39 is 17.1 Å². The molecular formula is C21H44O4Si2. The van der Waals surface area contributed by atoms with Gasteiger partial charge in [0.15, 0.2) is 0 Å². The third kappa shape index (κ3) is 11.4. The molecule has 0 aromatic rings. The van der Waals surface area contributed by atoms with Crippen molar-refractivity contribution in [3.05, 3.63) is 23.6 Å². The highest BCUT2D eigenvalue weighted by atomic mass is 28.4. The molecule has 0 spiro atoms. The highest BCUT2D eigenvalue weighted by Gasteiger charge is 2.38. The molecule has 0 aromatic heterocycles. The summed E-state index contributed by atoms with van der Waals surface area (Å²) < 4.78 is 24.8. The van der Waals surface area contributed by atoms with E-state index in [2.05, 4.69) is 65.1 Å². The second kappa shape index (κ2) is 16.7. The van der Waals surface area contributed by atoms with Crippen molar-refractivity contribution in [2.45, 2.75) is 85.7 Å². The first-order chi connectivity index (χ1) is 13.1. The average Bonchev–Trinajstić information content (AvgIpc) is 2.63. The third-order valence-electron chi connectivity index (χ3n) is 4.26. The molecule has 0 radical (unpaired) electrons. The van der Waals surface area contributed by atoms with Crippen LogP contribution in [0.4, 0.5) is 0 Å². The van der Waals surface area contributed by atoms with Crippen LogP contribution in [0.15, 0.2) is 23.6 Å². The third-order valence-corrected chi connectivity index (χ3v) is 11.0. The molecule has 0 N–H and O–H groups in total. The first kappa shape index (κ1) is 26.8. The van der Waals surface area contributed by atoms with Gasteiger partial charge < -0.3 is 17.7 Å². The van der Waals surface area contributed by atoms with Crippen LogP contribution in [0.5, 0.6) is 0 Å². The van der Waals surface area contributed by atoms with Crippen molar-refractivity contribution < 1.29 is 17.7 Å². The second-order valence-electron chi connectivity index (χ2n) is 6.59. The fourth-order valence-electron chi connectivity index (χ4n) is 3.15. The van der Waals surface area contributed by atoms with Gasteiger partial charge in [-0.15, -0.1) is 0 Å². The summed E-state index contributed by atoms with van der Waals surface area (Å²) in [6, 6.07) is 1.90. The van der Waals surface area contributed by atoms with Gasteiger partial charge in [-0.3, -0.25) is 0 Å². The van der Waals surface area contributed by atoms with Crippen molar-refractivity contribution in [3.63, 3.8) is 0 Å². The van der Waals surface area contributed by atoms with Crippen molar-refractivity contribution >= 4 is 17.1 Å². The van der Waals surface area contributed by atoms with Crippen LogP contribution in [0.1, 0.15) is 73.6 Å². The zero-order chi connectivity index (χ0) is 20.4. The topological polar surface area (TPSA) is 36.9 Å². The Balaban J connectivity index is 5.20. The lowest BCUT2D eigenvalue weighted by Gasteiger charge is -2.30. The lowest BCUT2D eigenvalue weighted by molar-refractivity contribution is 0.188. The molecule has 4 nitrogen and oxygen atoms in total. The Kier molecular flexibility index (Phi) is 16.5. The molecule has 0 aliphatic rings. The Morgan fingerprint density at radius 3 is 1.15 bits per heavy atom. The van der Waals surface area contributed by atoms with Crippen LogP contribution >= 0.6 is 0 Å². The zero-order valence-corrected chi connectivity index (χ0v) is 20.7. The fourth-order valence-corrected chi connectivity index (χ4v) is 9.31. The van der Waals surface area contributed by atoms with E-state index in [1.807, 2.05) is 0 Å². The highest BCUT2D eigenvalue weighted by molar-refractivity contribution is 6.74. The van der Waals surface area contributed by atoms with Crippen molar-refractivity contribution in [2.24, 2.45) is 0 Å². The molecule has 0 atom stereocenters. The van der Waals surface area contributed by atoms with E-state index in [9.17, 15) is 0 Å². The standard InChI is InChI=1S/C21H44O4Si2/c1-7-13-15-18-26(22-9-3,23-10-4)20-17-21-27(24-11-5,25-12-6)19-16-14-8-2/h15-16,18-19H,7-14,17,20-21H2,1-6H3. The van der Waals surface area contributed by atoms with Crippen LogP contribution in [0.25, 0.3) is 0 Å². The largest absolute Gasteiger partial charge is 0.392 e. The van der Waals surface area contributed by atoms with E-state index in [1.165, 1.54) is 0 Å². The van der Waals surface area contributed by atoms with Crippen molar-refractivity contribution in [2.75, 3.05) is 26.4 Å². The summed E-state index contributed by atoms with van der Waals surface area (Å²) in [6.45, 7) is 15.4. The summed E-state index contributed by atoms with van der Waals surface area (Å²) in [5.74, 6) is 0. The SMILES string of the molecule is CCCC=C[Si](CCC[Si](C=CCCC)(OCC)OCC)(OCC)OCC. The van der Waals surface area contributed by atoms with E-state index in [0.717, 1.165) is 44.2 Å². The van der Waals surface area contributed by atoms with Gasteiger partial charge in [0.1, 0.15) is 0 Å². The van der Waals surface area contributed by atoms with Crippen LogP contribution in [-0.4, -0.2) is 43.5 Å². The molecule has 160 valence electrons. The Hall–Kier alpha value is -0.246. The maximum absolute atomic E-state index is 6.20. The molecule has 0 aliphatic carbocycles. The molecule has 0 fully saturated rings. The van der Waals surface area contributed by atoms with Crippen LogP contribution in [-0.2, 0) is 17.7 Å². The molecule has 0 aromatic carbocycles. The maximum atomic E-state index is 6.20. The number of allylic oxidation sites excluding steroid dienone is 2. The van der Waals surface area contributed by atoms with Crippen molar-refractivity contribution in [1.82, 2.24) is 0 Å². The normalized spacial score (nSPS) is 13.3. The minimum absolute atomic E-state index is 0.693. The van der Waals surface area contributed by atoms with Gasteiger partial charge in [-0.05, 0) is 70.4 Å². The first-order valence-electron chi connectivity index (χ1n) is 11.0. The number of unbranched alkanes of at least 4 members (excludes halogenated alkanes) is 2. The molecule has 27 heavy (non-hydrogen) atoms. The van der Waals surface area contributed by atoms with Gasteiger partial charge in [0.2, 0.25) is 0 Å². The highest BCUT2D eigenvalue weighted by Crippen LogP contribution is 2.25. The molecule has 0 saturated heterocycles. The Labute approximate surface area is 170 Å². The van der Waals surface area contributed by atoms with E-state index in [-0.39, 0.29) is 0 Å². The molecule has 0 saturated carbocycles. The van der Waals surface area contributed by atoms with E-state index in [1.54, 1.807) is 0 Å². The predicted octanol–water partition coefficient (Wildman–Crippen LogP) is 6.20. The van der Waals surface area contributed by atoms with Crippen LogP contribution in [0.3, 0.4) is 0 Å². The lowest BCUT2D eigenvalue weighted by Crippen LogP contribution is -2.43. The summed E-state index contributed by atoms with van der Waals surface area (Å²) in [7, 11) is -4.62. The predicted molar refractivity (Wildman–Crippen MR) is 120 cm³/mol. The number of hydrogen-bond acceptors (Lipinski definition) is 4. The molecule has 0 bridgehead atoms. The smallest absolute Gasteiger partial charge is 0.364 e. The van der Waals surface area contributed by atoms with Gasteiger partial charge in [-0.2, -0.15) is 0 Å². The lowest BCUT2D eigenvalue weighted by atomic mass is 10.3. The minimum atomic E-state index is -2.31. The molecule has 0 heterocycles. The average molecular weight is 417 g/mol. The minimum Gasteiger partial charge on any atom is -0.392 e. The van der Waals surface area contributed by atoms with Gasteiger partial charge in [0.05, 0.1) is 0 Å². The van der Waals surface area contributed by atoms with Gasteiger partial charge in [-0.25, -0.2) is 0 Å². The van der Waals surface area contributed by atoms with Crippen molar-refractivity contribution in [1.29, 1.82) is 0 Å². The van der Waals surface area contributed by atoms with Crippen LogP contribution in [0, 0.1) is 0 Å². The summed E-state index contributed by atoms with van der Waals surface area (Å²) >= 11 is 0. The fraction of sp³-hybridized carbons (Fsp3) is 0.810. The number of rotatable bonds is 18. The molecular weight excluding hydrogens is 372 g/mol. The van der Waals surface area contributed by atoms with Gasteiger partial charge in [0.25, 0.3) is 0 Å². The summed E-state index contributed by atoms with van der Waals surface area (Å²) in [5.41, 5.74) is 4.50. The van der Waals surface area contributed by atoms with Crippen LogP contribution in [0.2, 0.25) is 12.1 Å². The van der Waals surface area contributed by atoms with Crippen molar-refractivity contribution in [3.8, 4) is 0 Å². The Morgan fingerprint density at radius 2 is 0.889 bits per heavy atom. The molecule has 0 aliphatic heterocycles. The van der Waals surface area contributed by atoms with E-state index in [4.69, 9.17) is 17.7 Å².